The average molecular weight is 475 g/mol. The van der Waals surface area contributed by atoms with E-state index < -0.39 is 15.9 Å². The van der Waals surface area contributed by atoms with Gasteiger partial charge in [-0.3, -0.25) is 4.79 Å². The second-order valence-corrected chi connectivity index (χ2v) is 9.79. The number of nitrogens with zero attached hydrogens (tertiary/aromatic N) is 3. The van der Waals surface area contributed by atoms with Crippen LogP contribution < -0.4 is 5.32 Å². The van der Waals surface area contributed by atoms with Gasteiger partial charge in [0, 0.05) is 36.4 Å². The SMILES string of the molecule is O=C(NCCS(=O)(=O)N1CCOCC1)c1cn(-c2ccccc2)nc1-c1ccc(Cl)cc1. The van der Waals surface area contributed by atoms with E-state index in [2.05, 4.69) is 10.4 Å². The molecule has 1 aliphatic heterocycles. The van der Waals surface area contributed by atoms with Crippen molar-refractivity contribution in [2.45, 2.75) is 0 Å². The molecule has 0 radical (unpaired) electrons. The number of benzene rings is 2. The van der Waals surface area contributed by atoms with E-state index >= 15 is 0 Å². The summed E-state index contributed by atoms with van der Waals surface area (Å²) in [5.41, 5.74) is 2.37. The first-order chi connectivity index (χ1) is 15.4. The molecule has 1 amide bonds. The molecule has 3 aromatic rings. The number of hydrogen-bond donors (Lipinski definition) is 1. The number of hydrogen-bond acceptors (Lipinski definition) is 5. The molecule has 1 fully saturated rings. The number of amides is 1. The third kappa shape index (κ3) is 5.18. The van der Waals surface area contributed by atoms with Gasteiger partial charge in [-0.2, -0.15) is 9.40 Å². The second kappa shape index (κ2) is 9.83. The van der Waals surface area contributed by atoms with Gasteiger partial charge in [0.15, 0.2) is 0 Å². The lowest BCUT2D eigenvalue weighted by Gasteiger charge is -2.26. The van der Waals surface area contributed by atoms with Gasteiger partial charge in [0.1, 0.15) is 5.69 Å². The summed E-state index contributed by atoms with van der Waals surface area (Å²) in [5, 5.41) is 7.91. The third-order valence-electron chi connectivity index (χ3n) is 5.11. The molecule has 0 bridgehead atoms. The maximum Gasteiger partial charge on any atom is 0.255 e. The van der Waals surface area contributed by atoms with Crippen LogP contribution in [0.25, 0.3) is 16.9 Å². The number of aromatic nitrogens is 2. The van der Waals surface area contributed by atoms with Gasteiger partial charge in [-0.15, -0.1) is 0 Å². The summed E-state index contributed by atoms with van der Waals surface area (Å²) in [6.07, 6.45) is 1.64. The van der Waals surface area contributed by atoms with Crippen molar-refractivity contribution in [3.8, 4) is 16.9 Å². The zero-order chi connectivity index (χ0) is 22.6. The van der Waals surface area contributed by atoms with E-state index in [0.717, 1.165) is 11.3 Å². The molecular weight excluding hydrogens is 452 g/mol. The Balaban J connectivity index is 1.54. The van der Waals surface area contributed by atoms with Gasteiger partial charge >= 0.3 is 0 Å². The number of para-hydroxylation sites is 1. The van der Waals surface area contributed by atoms with Gasteiger partial charge in [0.25, 0.3) is 5.91 Å². The molecule has 0 spiro atoms. The van der Waals surface area contributed by atoms with E-state index in [0.29, 0.717) is 42.6 Å². The minimum absolute atomic E-state index is 0.00486. The van der Waals surface area contributed by atoms with E-state index in [4.69, 9.17) is 16.3 Å². The normalized spacial score (nSPS) is 14.9. The summed E-state index contributed by atoms with van der Waals surface area (Å²) in [7, 11) is -3.46. The van der Waals surface area contributed by atoms with Gasteiger partial charge in [0.05, 0.1) is 30.2 Å². The van der Waals surface area contributed by atoms with Crippen molar-refractivity contribution in [1.29, 1.82) is 0 Å². The van der Waals surface area contributed by atoms with Crippen LogP contribution in [-0.4, -0.2) is 67.0 Å². The van der Waals surface area contributed by atoms with E-state index in [-0.39, 0.29) is 12.3 Å². The highest BCUT2D eigenvalue weighted by atomic mass is 35.5. The minimum Gasteiger partial charge on any atom is -0.379 e. The monoisotopic (exact) mass is 474 g/mol. The number of sulfonamides is 1. The fraction of sp³-hybridized carbons (Fsp3) is 0.273. The summed E-state index contributed by atoms with van der Waals surface area (Å²) in [6, 6.07) is 16.5. The van der Waals surface area contributed by atoms with Gasteiger partial charge in [0.2, 0.25) is 10.0 Å². The fourth-order valence-electron chi connectivity index (χ4n) is 3.42. The predicted molar refractivity (Wildman–Crippen MR) is 123 cm³/mol. The van der Waals surface area contributed by atoms with E-state index in [1.165, 1.54) is 4.31 Å². The molecular formula is C22H23ClN4O4S. The van der Waals surface area contributed by atoms with Gasteiger partial charge < -0.3 is 10.1 Å². The third-order valence-corrected chi connectivity index (χ3v) is 7.23. The summed E-state index contributed by atoms with van der Waals surface area (Å²) >= 11 is 6.00. The van der Waals surface area contributed by atoms with Crippen molar-refractivity contribution < 1.29 is 17.9 Å². The molecule has 1 saturated heterocycles. The van der Waals surface area contributed by atoms with Crippen molar-refractivity contribution >= 4 is 27.5 Å². The summed E-state index contributed by atoms with van der Waals surface area (Å²) in [6.45, 7) is 1.43. The lowest BCUT2D eigenvalue weighted by Crippen LogP contribution is -2.43. The van der Waals surface area contributed by atoms with Crippen LogP contribution >= 0.6 is 11.6 Å². The van der Waals surface area contributed by atoms with Crippen molar-refractivity contribution in [2.24, 2.45) is 0 Å². The van der Waals surface area contributed by atoms with Crippen molar-refractivity contribution in [2.75, 3.05) is 38.6 Å². The molecule has 2 heterocycles. The molecule has 1 N–H and O–H groups in total. The number of ether oxygens (including phenoxy) is 1. The molecule has 0 saturated carbocycles. The predicted octanol–water partition coefficient (Wildman–Crippen LogP) is 2.58. The molecule has 0 aliphatic carbocycles. The van der Waals surface area contributed by atoms with Crippen LogP contribution in [0, 0.1) is 0 Å². The topological polar surface area (TPSA) is 93.5 Å². The minimum atomic E-state index is -3.46. The molecule has 4 rings (SSSR count). The van der Waals surface area contributed by atoms with E-state index in [1.807, 2.05) is 30.3 Å². The highest BCUT2D eigenvalue weighted by Crippen LogP contribution is 2.25. The smallest absolute Gasteiger partial charge is 0.255 e. The molecule has 10 heteroatoms. The molecule has 1 aliphatic rings. The Morgan fingerprint density at radius 2 is 1.75 bits per heavy atom. The molecule has 32 heavy (non-hydrogen) atoms. The number of rotatable bonds is 7. The van der Waals surface area contributed by atoms with Crippen LogP contribution in [0.2, 0.25) is 5.02 Å². The average Bonchev–Trinajstić information content (AvgIpc) is 3.26. The Kier molecular flexibility index (Phi) is 6.90. The van der Waals surface area contributed by atoms with Crippen LogP contribution in [0.5, 0.6) is 0 Å². The molecule has 1 aromatic heterocycles. The Labute approximate surface area is 191 Å². The summed E-state index contributed by atoms with van der Waals surface area (Å²) in [5.74, 6) is -0.573. The van der Waals surface area contributed by atoms with Crippen LogP contribution in [0.3, 0.4) is 0 Å². The molecule has 8 nitrogen and oxygen atoms in total. The van der Waals surface area contributed by atoms with Crippen LogP contribution in [0.15, 0.2) is 60.8 Å². The largest absolute Gasteiger partial charge is 0.379 e. The van der Waals surface area contributed by atoms with Crippen LogP contribution in [0.4, 0.5) is 0 Å². The molecule has 0 atom stereocenters. The van der Waals surface area contributed by atoms with Crippen molar-refractivity contribution in [1.82, 2.24) is 19.4 Å². The molecule has 168 valence electrons. The van der Waals surface area contributed by atoms with Crippen molar-refractivity contribution in [3.05, 3.63) is 71.4 Å². The van der Waals surface area contributed by atoms with Crippen LogP contribution in [-0.2, 0) is 14.8 Å². The highest BCUT2D eigenvalue weighted by Gasteiger charge is 2.25. The summed E-state index contributed by atoms with van der Waals surface area (Å²) < 4.78 is 33.2. The quantitative estimate of drug-likeness (QED) is 0.568. The molecule has 0 unspecified atom stereocenters. The number of nitrogens with one attached hydrogen (secondary N) is 1. The standard InChI is InChI=1S/C22H23ClN4O4S/c23-18-8-6-17(7-9-18)21-20(16-27(25-21)19-4-2-1-3-5-19)22(28)24-10-15-32(29,30)26-11-13-31-14-12-26/h1-9,16H,10-15H2,(H,24,28). The number of carbonyl (C=O) groups excluding carboxylic acids is 1. The van der Waals surface area contributed by atoms with Gasteiger partial charge in [-0.1, -0.05) is 41.9 Å². The highest BCUT2D eigenvalue weighted by molar-refractivity contribution is 7.89. The first kappa shape index (κ1) is 22.5. The Hall–Kier alpha value is -2.72. The Morgan fingerprint density at radius 1 is 1.06 bits per heavy atom. The first-order valence-corrected chi connectivity index (χ1v) is 12.2. The van der Waals surface area contributed by atoms with Crippen LogP contribution in [0.1, 0.15) is 10.4 Å². The zero-order valence-corrected chi connectivity index (χ0v) is 18.8. The number of halogens is 1. The van der Waals surface area contributed by atoms with E-state index in [9.17, 15) is 13.2 Å². The lowest BCUT2D eigenvalue weighted by molar-refractivity contribution is 0.0730. The number of carbonyl (C=O) groups is 1. The van der Waals surface area contributed by atoms with Gasteiger partial charge in [-0.05, 0) is 24.3 Å². The Bertz CT molecular complexity index is 1170. The van der Waals surface area contributed by atoms with Gasteiger partial charge in [-0.25, -0.2) is 13.1 Å². The maximum atomic E-state index is 13.0. The maximum absolute atomic E-state index is 13.0. The van der Waals surface area contributed by atoms with E-state index in [1.54, 1.807) is 35.1 Å². The molecule has 2 aromatic carbocycles. The zero-order valence-electron chi connectivity index (χ0n) is 17.3. The lowest BCUT2D eigenvalue weighted by atomic mass is 10.1. The number of morpholine rings is 1. The Morgan fingerprint density at radius 3 is 2.44 bits per heavy atom. The summed E-state index contributed by atoms with van der Waals surface area (Å²) in [4.78, 5) is 13.0. The first-order valence-electron chi connectivity index (χ1n) is 10.2. The fourth-order valence-corrected chi connectivity index (χ4v) is 4.87. The van der Waals surface area contributed by atoms with Crippen molar-refractivity contribution in [3.63, 3.8) is 0 Å². The second-order valence-electron chi connectivity index (χ2n) is 7.26.